The molecule has 1 saturated heterocycles. The van der Waals surface area contributed by atoms with Crippen molar-refractivity contribution in [3.8, 4) is 0 Å². The summed E-state index contributed by atoms with van der Waals surface area (Å²) in [6.45, 7) is 1.91. The molecule has 0 amide bonds. The second-order valence-corrected chi connectivity index (χ2v) is 4.56. The number of hydrogen-bond donors (Lipinski definition) is 1. The van der Waals surface area contributed by atoms with Gasteiger partial charge in [0.05, 0.1) is 16.8 Å². The van der Waals surface area contributed by atoms with Gasteiger partial charge in [0.25, 0.3) is 0 Å². The lowest BCUT2D eigenvalue weighted by Crippen LogP contribution is -2.22. The summed E-state index contributed by atoms with van der Waals surface area (Å²) in [5, 5.41) is 0.734. The predicted octanol–water partition coefficient (Wildman–Crippen LogP) is 2.85. The SMILES string of the molecule is CO[C@H]1CCN(c2cccc(S)c2Cl)C1. The van der Waals surface area contributed by atoms with Gasteiger partial charge in [0, 0.05) is 25.1 Å². The van der Waals surface area contributed by atoms with Crippen LogP contribution in [-0.2, 0) is 4.74 Å². The van der Waals surface area contributed by atoms with E-state index in [0.717, 1.165) is 35.1 Å². The number of nitrogens with zero attached hydrogens (tertiary/aromatic N) is 1. The van der Waals surface area contributed by atoms with E-state index in [1.165, 1.54) is 0 Å². The lowest BCUT2D eigenvalue weighted by Gasteiger charge is -2.20. The maximum atomic E-state index is 6.21. The molecule has 2 nitrogen and oxygen atoms in total. The average molecular weight is 244 g/mol. The van der Waals surface area contributed by atoms with Gasteiger partial charge in [-0.2, -0.15) is 0 Å². The van der Waals surface area contributed by atoms with Gasteiger partial charge in [0.1, 0.15) is 0 Å². The van der Waals surface area contributed by atoms with Crippen LogP contribution in [0.3, 0.4) is 0 Å². The van der Waals surface area contributed by atoms with Gasteiger partial charge in [-0.25, -0.2) is 0 Å². The zero-order valence-electron chi connectivity index (χ0n) is 8.61. The van der Waals surface area contributed by atoms with Crippen molar-refractivity contribution in [2.75, 3.05) is 25.1 Å². The van der Waals surface area contributed by atoms with Crippen molar-refractivity contribution in [1.29, 1.82) is 0 Å². The van der Waals surface area contributed by atoms with Crippen LogP contribution in [0.1, 0.15) is 6.42 Å². The van der Waals surface area contributed by atoms with Crippen LogP contribution in [0, 0.1) is 0 Å². The Morgan fingerprint density at radius 2 is 2.33 bits per heavy atom. The molecule has 4 heteroatoms. The van der Waals surface area contributed by atoms with E-state index in [2.05, 4.69) is 17.5 Å². The van der Waals surface area contributed by atoms with E-state index in [-0.39, 0.29) is 0 Å². The third kappa shape index (κ3) is 2.25. The number of ether oxygens (including phenoxy) is 1. The molecule has 0 aliphatic carbocycles. The van der Waals surface area contributed by atoms with E-state index in [0.29, 0.717) is 6.10 Å². The summed E-state index contributed by atoms with van der Waals surface area (Å²) in [5.41, 5.74) is 1.06. The number of halogens is 1. The molecule has 0 N–H and O–H groups in total. The number of hydrogen-bond acceptors (Lipinski definition) is 3. The molecule has 1 aromatic carbocycles. The van der Waals surface area contributed by atoms with Gasteiger partial charge in [-0.15, -0.1) is 12.6 Å². The van der Waals surface area contributed by atoms with Gasteiger partial charge in [0.2, 0.25) is 0 Å². The first-order valence-corrected chi connectivity index (χ1v) is 5.80. The standard InChI is InChI=1S/C11H14ClNOS/c1-14-8-5-6-13(7-8)9-3-2-4-10(15)11(9)12/h2-4,8,15H,5-7H2,1H3/t8-/m0/s1. The molecule has 0 saturated carbocycles. The lowest BCUT2D eigenvalue weighted by molar-refractivity contribution is 0.121. The van der Waals surface area contributed by atoms with Crippen LogP contribution in [-0.4, -0.2) is 26.3 Å². The van der Waals surface area contributed by atoms with Crippen molar-refractivity contribution >= 4 is 29.9 Å². The number of benzene rings is 1. The zero-order valence-corrected chi connectivity index (χ0v) is 10.3. The largest absolute Gasteiger partial charge is 0.380 e. The molecule has 1 atom stereocenters. The van der Waals surface area contributed by atoms with Crippen molar-refractivity contribution in [2.24, 2.45) is 0 Å². The molecule has 1 aromatic rings. The summed E-state index contributed by atoms with van der Waals surface area (Å²) in [6.07, 6.45) is 1.38. The van der Waals surface area contributed by atoms with Gasteiger partial charge < -0.3 is 9.64 Å². The van der Waals surface area contributed by atoms with Crippen molar-refractivity contribution < 1.29 is 4.74 Å². The first-order chi connectivity index (χ1) is 7.22. The first-order valence-electron chi connectivity index (χ1n) is 4.97. The molecule has 1 aliphatic rings. The monoisotopic (exact) mass is 243 g/mol. The van der Waals surface area contributed by atoms with Gasteiger partial charge in [-0.05, 0) is 18.6 Å². The highest BCUT2D eigenvalue weighted by Gasteiger charge is 2.23. The van der Waals surface area contributed by atoms with Crippen molar-refractivity contribution in [3.63, 3.8) is 0 Å². The molecule has 0 unspecified atom stereocenters. The lowest BCUT2D eigenvalue weighted by atomic mass is 10.3. The van der Waals surface area contributed by atoms with Crippen molar-refractivity contribution in [2.45, 2.75) is 17.4 Å². The molecule has 0 spiro atoms. The zero-order chi connectivity index (χ0) is 10.8. The topological polar surface area (TPSA) is 12.5 Å². The smallest absolute Gasteiger partial charge is 0.0772 e. The van der Waals surface area contributed by atoms with Crippen molar-refractivity contribution in [1.82, 2.24) is 0 Å². The normalized spacial score (nSPS) is 21.0. The van der Waals surface area contributed by atoms with Crippen LogP contribution in [0.4, 0.5) is 5.69 Å². The third-order valence-corrected chi connectivity index (χ3v) is 3.68. The first kappa shape index (κ1) is 11.1. The van der Waals surface area contributed by atoms with Crippen molar-refractivity contribution in [3.05, 3.63) is 23.2 Å². The Kier molecular flexibility index (Phi) is 3.44. The minimum atomic E-state index is 0.324. The molecule has 15 heavy (non-hydrogen) atoms. The van der Waals surface area contributed by atoms with Gasteiger partial charge in [-0.1, -0.05) is 17.7 Å². The molecule has 1 fully saturated rings. The Morgan fingerprint density at radius 1 is 1.53 bits per heavy atom. The second-order valence-electron chi connectivity index (χ2n) is 3.70. The summed E-state index contributed by atoms with van der Waals surface area (Å²) < 4.78 is 5.33. The molecule has 0 radical (unpaired) electrons. The van der Waals surface area contributed by atoms with E-state index in [9.17, 15) is 0 Å². The second kappa shape index (κ2) is 4.64. The number of thiol groups is 1. The highest BCUT2D eigenvalue weighted by Crippen LogP contribution is 2.33. The van der Waals surface area contributed by atoms with Crippen LogP contribution in [0.25, 0.3) is 0 Å². The van der Waals surface area contributed by atoms with E-state index >= 15 is 0 Å². The summed E-state index contributed by atoms with van der Waals surface area (Å²) in [7, 11) is 1.75. The fourth-order valence-electron chi connectivity index (χ4n) is 1.89. The summed E-state index contributed by atoms with van der Waals surface area (Å²) in [4.78, 5) is 3.07. The highest BCUT2D eigenvalue weighted by atomic mass is 35.5. The molecule has 2 rings (SSSR count). The summed E-state index contributed by atoms with van der Waals surface area (Å²) in [6, 6.07) is 5.91. The quantitative estimate of drug-likeness (QED) is 0.802. The average Bonchev–Trinajstić information content (AvgIpc) is 2.70. The summed E-state index contributed by atoms with van der Waals surface area (Å²) >= 11 is 10.5. The Labute approximate surface area is 101 Å². The fraction of sp³-hybridized carbons (Fsp3) is 0.455. The number of anilines is 1. The molecule has 1 heterocycles. The van der Waals surface area contributed by atoms with Gasteiger partial charge in [0.15, 0.2) is 0 Å². The minimum absolute atomic E-state index is 0.324. The van der Waals surface area contributed by atoms with Crippen LogP contribution >= 0.6 is 24.2 Å². The minimum Gasteiger partial charge on any atom is -0.380 e. The van der Waals surface area contributed by atoms with E-state index in [1.54, 1.807) is 7.11 Å². The molecule has 1 aliphatic heterocycles. The highest BCUT2D eigenvalue weighted by molar-refractivity contribution is 7.80. The Morgan fingerprint density at radius 3 is 3.00 bits per heavy atom. The van der Waals surface area contributed by atoms with Gasteiger partial charge >= 0.3 is 0 Å². The Balaban J connectivity index is 2.20. The molecular formula is C11H14ClNOS. The maximum absolute atomic E-state index is 6.21. The fourth-order valence-corrected chi connectivity index (χ4v) is 2.34. The molecular weight excluding hydrogens is 230 g/mol. The number of rotatable bonds is 2. The predicted molar refractivity (Wildman–Crippen MR) is 66.3 cm³/mol. The Hall–Kier alpha value is -0.380. The van der Waals surface area contributed by atoms with E-state index < -0.39 is 0 Å². The van der Waals surface area contributed by atoms with Crippen LogP contribution in [0.15, 0.2) is 23.1 Å². The molecule has 0 bridgehead atoms. The van der Waals surface area contributed by atoms with Crippen LogP contribution in [0.5, 0.6) is 0 Å². The van der Waals surface area contributed by atoms with Crippen LogP contribution in [0.2, 0.25) is 5.02 Å². The van der Waals surface area contributed by atoms with Crippen LogP contribution < -0.4 is 4.90 Å². The summed E-state index contributed by atoms with van der Waals surface area (Å²) in [5.74, 6) is 0. The molecule has 82 valence electrons. The van der Waals surface area contributed by atoms with E-state index in [1.807, 2.05) is 18.2 Å². The molecule has 0 aromatic heterocycles. The number of methoxy groups -OCH3 is 1. The van der Waals surface area contributed by atoms with E-state index in [4.69, 9.17) is 16.3 Å². The Bertz CT molecular complexity index is 358. The third-order valence-electron chi connectivity index (χ3n) is 2.78. The maximum Gasteiger partial charge on any atom is 0.0772 e. The van der Waals surface area contributed by atoms with Gasteiger partial charge in [-0.3, -0.25) is 0 Å².